The molecule has 116 valence electrons. The lowest BCUT2D eigenvalue weighted by atomic mass is 10.2. The van der Waals surface area contributed by atoms with Crippen LogP contribution in [0.15, 0.2) is 24.3 Å². The maximum Gasteiger partial charge on any atom is 0.245 e. The highest BCUT2D eigenvalue weighted by Crippen LogP contribution is 2.27. The van der Waals surface area contributed by atoms with Crippen LogP contribution in [0.25, 0.3) is 11.0 Å². The molecular weight excluding hydrogens is 296 g/mol. The predicted molar refractivity (Wildman–Crippen MR) is 90.4 cm³/mol. The first-order chi connectivity index (χ1) is 10.8. The van der Waals surface area contributed by atoms with E-state index in [4.69, 9.17) is 0 Å². The van der Waals surface area contributed by atoms with E-state index in [0.29, 0.717) is 0 Å². The van der Waals surface area contributed by atoms with Gasteiger partial charge in [-0.3, -0.25) is 4.79 Å². The van der Waals surface area contributed by atoms with Crippen LogP contribution < -0.4 is 4.90 Å². The van der Waals surface area contributed by atoms with Crippen LogP contribution in [0.3, 0.4) is 0 Å². The lowest BCUT2D eigenvalue weighted by Gasteiger charge is -2.32. The lowest BCUT2D eigenvalue weighted by Crippen LogP contribution is -2.48. The molecule has 2 aliphatic heterocycles. The molecule has 2 aliphatic rings. The molecule has 3 heterocycles. The van der Waals surface area contributed by atoms with Crippen LogP contribution in [0.4, 0.5) is 5.95 Å². The number of nitrogens with one attached hydrogen (secondary N) is 1. The fourth-order valence-electron chi connectivity index (χ4n) is 3.35. The van der Waals surface area contributed by atoms with Crippen LogP contribution in [-0.4, -0.2) is 58.0 Å². The molecule has 0 radical (unpaired) electrons. The molecule has 22 heavy (non-hydrogen) atoms. The Morgan fingerprint density at radius 3 is 2.86 bits per heavy atom. The summed E-state index contributed by atoms with van der Waals surface area (Å²) in [7, 11) is 0. The molecule has 0 aliphatic carbocycles. The van der Waals surface area contributed by atoms with Crippen LogP contribution in [0, 0.1) is 0 Å². The Hall–Kier alpha value is -1.69. The predicted octanol–water partition coefficient (Wildman–Crippen LogP) is 2.11. The van der Waals surface area contributed by atoms with E-state index in [1.165, 1.54) is 0 Å². The minimum atomic E-state index is -0.0522. The van der Waals surface area contributed by atoms with Crippen molar-refractivity contribution in [3.05, 3.63) is 24.3 Å². The second kappa shape index (κ2) is 5.83. The smallest absolute Gasteiger partial charge is 0.245 e. The van der Waals surface area contributed by atoms with Gasteiger partial charge in [0, 0.05) is 31.1 Å². The first kappa shape index (κ1) is 13.9. The van der Waals surface area contributed by atoms with Crippen molar-refractivity contribution in [2.45, 2.75) is 18.9 Å². The Balaban J connectivity index is 1.58. The Morgan fingerprint density at radius 2 is 2.05 bits per heavy atom. The monoisotopic (exact) mass is 316 g/mol. The number of para-hydroxylation sites is 2. The van der Waals surface area contributed by atoms with E-state index in [2.05, 4.69) is 14.9 Å². The van der Waals surface area contributed by atoms with Gasteiger partial charge in [0.05, 0.1) is 11.0 Å². The molecule has 6 heteroatoms. The van der Waals surface area contributed by atoms with Gasteiger partial charge in [-0.05, 0) is 25.0 Å². The van der Waals surface area contributed by atoms with E-state index in [1.54, 1.807) is 0 Å². The number of carbonyl (C=O) groups excluding carboxylic acids is 1. The molecule has 1 N–H and O–H groups in total. The molecule has 1 amide bonds. The molecular formula is C16H20N4OS. The Morgan fingerprint density at radius 1 is 1.23 bits per heavy atom. The molecule has 0 bridgehead atoms. The topological polar surface area (TPSA) is 52.2 Å². The number of hydrogen-bond donors (Lipinski definition) is 1. The van der Waals surface area contributed by atoms with Crippen molar-refractivity contribution in [2.75, 3.05) is 36.0 Å². The molecule has 1 atom stereocenters. The number of amides is 1. The maximum absolute atomic E-state index is 12.8. The zero-order valence-corrected chi connectivity index (χ0v) is 13.3. The van der Waals surface area contributed by atoms with Crippen LogP contribution in [0.5, 0.6) is 0 Å². The van der Waals surface area contributed by atoms with Crippen LogP contribution in [0.1, 0.15) is 12.8 Å². The first-order valence-electron chi connectivity index (χ1n) is 7.91. The van der Waals surface area contributed by atoms with Crippen LogP contribution >= 0.6 is 11.8 Å². The summed E-state index contributed by atoms with van der Waals surface area (Å²) in [4.78, 5) is 25.1. The molecule has 4 rings (SSSR count). The highest BCUT2D eigenvalue weighted by Gasteiger charge is 2.35. The molecule has 2 aromatic rings. The normalized spacial score (nSPS) is 22.5. The largest absolute Gasteiger partial charge is 0.339 e. The van der Waals surface area contributed by atoms with Gasteiger partial charge in [0.1, 0.15) is 6.04 Å². The highest BCUT2D eigenvalue weighted by molar-refractivity contribution is 7.99. The fraction of sp³-hybridized carbons (Fsp3) is 0.500. The Labute approximate surface area is 134 Å². The quantitative estimate of drug-likeness (QED) is 0.922. The zero-order chi connectivity index (χ0) is 14.9. The van der Waals surface area contributed by atoms with Crippen molar-refractivity contribution >= 4 is 34.7 Å². The summed E-state index contributed by atoms with van der Waals surface area (Å²) in [5.74, 6) is 3.23. The molecule has 2 fully saturated rings. The lowest BCUT2D eigenvalue weighted by molar-refractivity contribution is -0.132. The van der Waals surface area contributed by atoms with Crippen LogP contribution in [0.2, 0.25) is 0 Å². The Bertz CT molecular complexity index is 647. The van der Waals surface area contributed by atoms with Crippen LogP contribution in [-0.2, 0) is 4.79 Å². The molecule has 0 unspecified atom stereocenters. The highest BCUT2D eigenvalue weighted by atomic mass is 32.2. The number of hydrogen-bond acceptors (Lipinski definition) is 4. The number of H-pyrrole nitrogens is 1. The summed E-state index contributed by atoms with van der Waals surface area (Å²) in [5, 5.41) is 0. The van der Waals surface area contributed by atoms with Crippen molar-refractivity contribution < 1.29 is 4.79 Å². The van der Waals surface area contributed by atoms with Gasteiger partial charge in [-0.1, -0.05) is 12.1 Å². The number of rotatable bonds is 2. The second-order valence-corrected chi connectivity index (χ2v) is 7.09. The minimum Gasteiger partial charge on any atom is -0.339 e. The number of aromatic amines is 1. The molecule has 0 saturated carbocycles. The average molecular weight is 316 g/mol. The molecule has 1 aromatic carbocycles. The van der Waals surface area contributed by atoms with Gasteiger partial charge in [0.25, 0.3) is 0 Å². The number of imidazole rings is 1. The van der Waals surface area contributed by atoms with Crippen molar-refractivity contribution in [3.8, 4) is 0 Å². The Kier molecular flexibility index (Phi) is 3.70. The van der Waals surface area contributed by atoms with E-state index in [9.17, 15) is 4.79 Å². The van der Waals surface area contributed by atoms with Crippen molar-refractivity contribution in [1.29, 1.82) is 0 Å². The maximum atomic E-state index is 12.8. The molecule has 5 nitrogen and oxygen atoms in total. The number of anilines is 1. The summed E-state index contributed by atoms with van der Waals surface area (Å²) in [6.45, 7) is 2.67. The standard InChI is InChI=1S/C16H20N4OS/c21-15(19-8-10-22-11-9-19)14-6-3-7-20(14)16-17-12-4-1-2-5-13(12)18-16/h1-2,4-5,14H,3,6-11H2,(H,17,18)/t14-/m1/s1. The zero-order valence-electron chi connectivity index (χ0n) is 12.5. The summed E-state index contributed by atoms with van der Waals surface area (Å²) < 4.78 is 0. The van der Waals surface area contributed by atoms with Gasteiger partial charge < -0.3 is 14.8 Å². The van der Waals surface area contributed by atoms with Crippen molar-refractivity contribution in [2.24, 2.45) is 0 Å². The minimum absolute atomic E-state index is 0.0522. The van der Waals surface area contributed by atoms with Gasteiger partial charge in [-0.2, -0.15) is 11.8 Å². The SMILES string of the molecule is O=C([C@H]1CCCN1c1nc2ccccc2[nH]1)N1CCSCC1. The fourth-order valence-corrected chi connectivity index (χ4v) is 4.25. The summed E-state index contributed by atoms with van der Waals surface area (Å²) in [6, 6.07) is 7.97. The summed E-state index contributed by atoms with van der Waals surface area (Å²) in [5.41, 5.74) is 2.00. The van der Waals surface area contributed by atoms with E-state index >= 15 is 0 Å². The number of nitrogens with zero attached hydrogens (tertiary/aromatic N) is 3. The number of thioether (sulfide) groups is 1. The second-order valence-electron chi connectivity index (χ2n) is 5.87. The molecule has 0 spiro atoms. The van der Waals surface area contributed by atoms with E-state index < -0.39 is 0 Å². The number of fused-ring (bicyclic) bond motifs is 1. The molecule has 1 aromatic heterocycles. The number of carbonyl (C=O) groups is 1. The van der Waals surface area contributed by atoms with Gasteiger partial charge in [-0.15, -0.1) is 0 Å². The van der Waals surface area contributed by atoms with Gasteiger partial charge in [0.15, 0.2) is 0 Å². The first-order valence-corrected chi connectivity index (χ1v) is 9.06. The van der Waals surface area contributed by atoms with Gasteiger partial charge in [-0.25, -0.2) is 4.98 Å². The third-order valence-electron chi connectivity index (χ3n) is 4.51. The van der Waals surface area contributed by atoms with E-state index in [0.717, 1.165) is 61.0 Å². The number of benzene rings is 1. The third kappa shape index (κ3) is 2.45. The van der Waals surface area contributed by atoms with Crippen molar-refractivity contribution in [1.82, 2.24) is 14.9 Å². The average Bonchev–Trinajstić information content (AvgIpc) is 3.21. The van der Waals surface area contributed by atoms with Gasteiger partial charge in [0.2, 0.25) is 11.9 Å². The van der Waals surface area contributed by atoms with E-state index in [1.807, 2.05) is 40.9 Å². The van der Waals surface area contributed by atoms with Crippen molar-refractivity contribution in [3.63, 3.8) is 0 Å². The van der Waals surface area contributed by atoms with Gasteiger partial charge >= 0.3 is 0 Å². The number of aromatic nitrogens is 2. The third-order valence-corrected chi connectivity index (χ3v) is 5.45. The molecule has 2 saturated heterocycles. The van der Waals surface area contributed by atoms with E-state index in [-0.39, 0.29) is 11.9 Å². The summed E-state index contributed by atoms with van der Waals surface area (Å²) >= 11 is 1.93. The summed E-state index contributed by atoms with van der Waals surface area (Å²) in [6.07, 6.45) is 1.98.